The van der Waals surface area contributed by atoms with E-state index in [4.69, 9.17) is 46.7 Å². The summed E-state index contributed by atoms with van der Waals surface area (Å²) in [5.74, 6) is 0.298. The van der Waals surface area contributed by atoms with Crippen LogP contribution in [-0.4, -0.2) is 101 Å². The first-order chi connectivity index (χ1) is 30.1. The molecule has 13 heteroatoms. The van der Waals surface area contributed by atoms with Crippen LogP contribution in [0.3, 0.4) is 0 Å². The Morgan fingerprint density at radius 3 is 1.90 bits per heavy atom. The molecule has 6 atom stereocenters. The van der Waals surface area contributed by atoms with Crippen molar-refractivity contribution in [2.75, 3.05) is 48.3 Å². The van der Waals surface area contributed by atoms with Gasteiger partial charge in [0.25, 0.3) is 8.32 Å². The van der Waals surface area contributed by atoms with E-state index in [-0.39, 0.29) is 55.8 Å². The largest absolute Gasteiger partial charge is 0.467 e. The van der Waals surface area contributed by atoms with Crippen molar-refractivity contribution in [1.82, 2.24) is 0 Å². The lowest BCUT2D eigenvalue weighted by atomic mass is 9.73. The van der Waals surface area contributed by atoms with Gasteiger partial charge in [0.15, 0.2) is 21.9 Å². The van der Waals surface area contributed by atoms with Crippen molar-refractivity contribution >= 4 is 33.0 Å². The lowest BCUT2D eigenvalue weighted by Crippen LogP contribution is -2.67. The van der Waals surface area contributed by atoms with Crippen LogP contribution in [-0.2, 0) is 43.7 Å². The Kier molecular flexibility index (Phi) is 18.1. The van der Waals surface area contributed by atoms with Gasteiger partial charge in [-0.25, -0.2) is 4.79 Å². The highest BCUT2D eigenvalue weighted by atomic mass is 28.4. The quantitative estimate of drug-likeness (QED) is 0.0516. The van der Waals surface area contributed by atoms with Crippen LogP contribution < -0.4 is 19.8 Å². The van der Waals surface area contributed by atoms with Crippen LogP contribution in [0.25, 0.3) is 0 Å². The molecule has 350 valence electrons. The molecule has 5 rings (SSSR count). The lowest BCUT2D eigenvalue weighted by Gasteiger charge is -2.50. The third-order valence-corrected chi connectivity index (χ3v) is 23.6. The molecule has 0 aliphatic carbocycles. The normalized spacial score (nSPS) is 21.3. The highest BCUT2D eigenvalue weighted by molar-refractivity contribution is 6.99. The Hall–Kier alpha value is -3.12. The van der Waals surface area contributed by atoms with E-state index in [1.54, 1.807) is 27.4 Å². The number of benzene rings is 3. The topological polar surface area (TPSA) is 109 Å². The van der Waals surface area contributed by atoms with Gasteiger partial charge in [-0.3, -0.25) is 0 Å². The van der Waals surface area contributed by atoms with Gasteiger partial charge in [0, 0.05) is 51.6 Å². The molecule has 2 heterocycles. The minimum Gasteiger partial charge on any atom is -0.467 e. The Labute approximate surface area is 380 Å². The zero-order valence-corrected chi connectivity index (χ0v) is 42.4. The van der Waals surface area contributed by atoms with Crippen molar-refractivity contribution in [1.29, 1.82) is 0 Å². The van der Waals surface area contributed by atoms with Crippen molar-refractivity contribution < 1.29 is 51.5 Å². The molecule has 0 unspecified atom stereocenters. The maximum atomic E-state index is 14.1. The first-order valence-electron chi connectivity index (χ1n) is 22.9. The van der Waals surface area contributed by atoms with Crippen molar-refractivity contribution in [3.8, 4) is 11.5 Å². The molecule has 1 fully saturated rings. The number of carbonyl (C=O) groups excluding carboxylic acids is 1. The van der Waals surface area contributed by atoms with E-state index in [1.807, 2.05) is 6.92 Å². The Morgan fingerprint density at radius 2 is 1.38 bits per heavy atom. The van der Waals surface area contributed by atoms with Gasteiger partial charge in [0.2, 0.25) is 0 Å². The summed E-state index contributed by atoms with van der Waals surface area (Å²) >= 11 is 0. The monoisotopic (exact) mass is 908 g/mol. The maximum absolute atomic E-state index is 14.1. The van der Waals surface area contributed by atoms with Crippen molar-refractivity contribution in [2.24, 2.45) is 11.3 Å². The van der Waals surface area contributed by atoms with Gasteiger partial charge in [0.1, 0.15) is 30.0 Å². The van der Waals surface area contributed by atoms with E-state index in [9.17, 15) is 4.79 Å². The molecule has 0 saturated carbocycles. The predicted octanol–water partition coefficient (Wildman–Crippen LogP) is 9.21. The SMILES string of the molecule is CC[Si](CC)(CC)O[C@@H](C[C@H]1O[C@H](CO[Si](c2ccccc2)(c2ccccc2)C(C)(C)C)C[C@@H](OCOC)C1(C)C)[C@@H](C)[C@H]1Cc2c(C)c(OCOC)cc(OCOC)c2C(=O)O1. The average Bonchev–Trinajstić information content (AvgIpc) is 3.27. The van der Waals surface area contributed by atoms with Crippen LogP contribution in [0.1, 0.15) is 96.6 Å². The van der Waals surface area contributed by atoms with Crippen LogP contribution in [0, 0.1) is 18.3 Å². The third kappa shape index (κ3) is 11.3. The molecule has 11 nitrogen and oxygen atoms in total. The van der Waals surface area contributed by atoms with Gasteiger partial charge in [-0.05, 0) is 58.0 Å². The van der Waals surface area contributed by atoms with E-state index in [0.29, 0.717) is 42.9 Å². The Bertz CT molecular complexity index is 1830. The number of hydrogen-bond acceptors (Lipinski definition) is 11. The van der Waals surface area contributed by atoms with Crippen LogP contribution in [0.2, 0.25) is 23.2 Å². The number of carbonyl (C=O) groups is 1. The first-order valence-corrected chi connectivity index (χ1v) is 27.3. The summed E-state index contributed by atoms with van der Waals surface area (Å²) in [4.78, 5) is 14.1. The number of esters is 1. The number of rotatable bonds is 23. The molecule has 1 saturated heterocycles. The molecule has 0 N–H and O–H groups in total. The summed E-state index contributed by atoms with van der Waals surface area (Å²) in [5.41, 5.74) is 1.63. The molecule has 2 aliphatic heterocycles. The number of hydrogen-bond donors (Lipinski definition) is 0. The summed E-state index contributed by atoms with van der Waals surface area (Å²) in [5, 5.41) is 2.25. The minimum absolute atomic E-state index is 0.0316. The molecule has 0 amide bonds. The second-order valence-electron chi connectivity index (χ2n) is 18.9. The fraction of sp³-hybridized carbons (Fsp3) is 0.620. The van der Waals surface area contributed by atoms with E-state index in [0.717, 1.165) is 29.3 Å². The fourth-order valence-corrected chi connectivity index (χ4v) is 17.3. The van der Waals surface area contributed by atoms with Crippen LogP contribution in [0.5, 0.6) is 11.5 Å². The van der Waals surface area contributed by atoms with E-state index < -0.39 is 34.1 Å². The molecule has 0 radical (unpaired) electrons. The van der Waals surface area contributed by atoms with Crippen LogP contribution in [0.15, 0.2) is 66.7 Å². The second kappa shape index (κ2) is 22.4. The minimum atomic E-state index is -2.87. The molecule has 2 aliphatic rings. The molecule has 63 heavy (non-hydrogen) atoms. The first kappa shape index (κ1) is 50.9. The number of ether oxygens (including phenoxy) is 8. The van der Waals surface area contributed by atoms with E-state index in [1.165, 1.54) is 10.4 Å². The smallest absolute Gasteiger partial charge is 0.342 e. The van der Waals surface area contributed by atoms with Gasteiger partial charge in [-0.1, -0.05) is 123 Å². The molecule has 0 spiro atoms. The molecule has 0 aromatic heterocycles. The number of methoxy groups -OCH3 is 3. The summed E-state index contributed by atoms with van der Waals surface area (Å²) in [6.07, 6.45) is 0.143. The van der Waals surface area contributed by atoms with Gasteiger partial charge in [-0.2, -0.15) is 0 Å². The van der Waals surface area contributed by atoms with Gasteiger partial charge >= 0.3 is 5.97 Å². The standard InChI is InChI=1S/C50H76O11Si2/c1-14-62(15-2,16-3)61-43(36(5)42-28-40-35(4)41(55-32-52-11)29-44(56-33-53-12)47(40)48(51)60-42)30-46-50(9,10)45(57-34-54-13)27-37(59-46)31-58-63(49(6,7)8,38-23-19-17-20-24-38)39-25-21-18-22-26-39/h17-26,29,36-37,42-43,45-46H,14-16,27-28,30-34H2,1-13H3/t36-,37-,42+,43-,45+,46+/m0/s1. The zero-order chi connectivity index (χ0) is 46.0. The summed E-state index contributed by atoms with van der Waals surface area (Å²) in [7, 11) is -0.298. The summed E-state index contributed by atoms with van der Waals surface area (Å²) < 4.78 is 63.2. The summed E-state index contributed by atoms with van der Waals surface area (Å²) in [6, 6.07) is 26.1. The number of cyclic esters (lactones) is 1. The van der Waals surface area contributed by atoms with E-state index in [2.05, 4.69) is 123 Å². The zero-order valence-electron chi connectivity index (χ0n) is 40.4. The average molecular weight is 909 g/mol. The highest BCUT2D eigenvalue weighted by Gasteiger charge is 2.53. The third-order valence-electron chi connectivity index (χ3n) is 13.9. The van der Waals surface area contributed by atoms with Gasteiger partial charge in [0.05, 0.1) is 31.0 Å². The molecular weight excluding hydrogens is 833 g/mol. The van der Waals surface area contributed by atoms with Crippen molar-refractivity contribution in [2.45, 2.75) is 142 Å². The lowest BCUT2D eigenvalue weighted by molar-refractivity contribution is -0.223. The second-order valence-corrected chi connectivity index (χ2v) is 28.0. The molecule has 3 aromatic carbocycles. The van der Waals surface area contributed by atoms with E-state index >= 15 is 0 Å². The van der Waals surface area contributed by atoms with Crippen molar-refractivity contribution in [3.05, 3.63) is 83.4 Å². The Balaban J connectivity index is 1.53. The molecule has 0 bridgehead atoms. The van der Waals surface area contributed by atoms with Gasteiger partial charge < -0.3 is 46.7 Å². The van der Waals surface area contributed by atoms with Crippen LogP contribution in [0.4, 0.5) is 0 Å². The Morgan fingerprint density at radius 1 is 0.825 bits per heavy atom. The number of fused-ring (bicyclic) bond motifs is 1. The fourth-order valence-electron chi connectivity index (χ4n) is 9.74. The predicted molar refractivity (Wildman–Crippen MR) is 252 cm³/mol. The molecule has 3 aromatic rings. The summed E-state index contributed by atoms with van der Waals surface area (Å²) in [6.45, 7) is 22.8. The van der Waals surface area contributed by atoms with Crippen LogP contribution >= 0.6 is 0 Å². The van der Waals surface area contributed by atoms with Crippen molar-refractivity contribution in [3.63, 3.8) is 0 Å². The maximum Gasteiger partial charge on any atom is 0.342 e. The highest BCUT2D eigenvalue weighted by Crippen LogP contribution is 2.45. The van der Waals surface area contributed by atoms with Gasteiger partial charge in [-0.15, -0.1) is 0 Å². The molecular formula is C50H76O11Si2.